The van der Waals surface area contributed by atoms with E-state index in [1.54, 1.807) is 18.5 Å². The second kappa shape index (κ2) is 8.46. The molecule has 1 aliphatic heterocycles. The van der Waals surface area contributed by atoms with Crippen LogP contribution in [-0.2, 0) is 11.2 Å². The number of amides is 1. The lowest BCUT2D eigenvalue weighted by atomic mass is 9.97. The highest BCUT2D eigenvalue weighted by Crippen LogP contribution is 2.37. The Morgan fingerprint density at radius 3 is 2.66 bits per heavy atom. The largest absolute Gasteiger partial charge is 0.353 e. The number of benzene rings is 1. The van der Waals surface area contributed by atoms with Gasteiger partial charge in [0.1, 0.15) is 12.1 Å². The van der Waals surface area contributed by atoms with Gasteiger partial charge in [-0.2, -0.15) is 0 Å². The molecule has 0 unspecified atom stereocenters. The summed E-state index contributed by atoms with van der Waals surface area (Å²) >= 11 is 12.1. The van der Waals surface area contributed by atoms with E-state index in [9.17, 15) is 4.79 Å². The van der Waals surface area contributed by atoms with Gasteiger partial charge < -0.3 is 15.5 Å². The van der Waals surface area contributed by atoms with Gasteiger partial charge in [-0.15, -0.1) is 0 Å². The molecule has 8 heteroatoms. The lowest BCUT2D eigenvalue weighted by Crippen LogP contribution is -2.51. The van der Waals surface area contributed by atoms with Gasteiger partial charge in [0.15, 0.2) is 0 Å². The predicted octanol–water partition coefficient (Wildman–Crippen LogP) is 3.22. The summed E-state index contributed by atoms with van der Waals surface area (Å²) in [4.78, 5) is 26.3. The number of nitrogens with two attached hydrogens (primary N) is 1. The maximum atomic E-state index is 13.1. The summed E-state index contributed by atoms with van der Waals surface area (Å²) in [5, 5.41) is 0.908. The molecule has 1 aliphatic carbocycles. The lowest BCUT2D eigenvalue weighted by Gasteiger charge is -2.37. The van der Waals surface area contributed by atoms with Gasteiger partial charge in [0.25, 0.3) is 0 Å². The highest BCUT2D eigenvalue weighted by Gasteiger charge is 2.31. The molecule has 1 fully saturated rings. The minimum absolute atomic E-state index is 0.0341. The molecule has 0 radical (unpaired) electrons. The first-order valence-electron chi connectivity index (χ1n) is 10.0. The number of aromatic nitrogens is 2. The Bertz CT molecular complexity index is 914. The van der Waals surface area contributed by atoms with Crippen LogP contribution in [0.4, 0.5) is 5.82 Å². The van der Waals surface area contributed by atoms with Gasteiger partial charge in [0.05, 0.1) is 16.0 Å². The average molecular weight is 434 g/mol. The molecule has 2 aromatic rings. The van der Waals surface area contributed by atoms with Crippen molar-refractivity contribution in [3.8, 4) is 0 Å². The molecule has 1 aromatic heterocycles. The number of hydrogen-bond acceptors (Lipinski definition) is 5. The number of aryl methyl sites for hydroxylation is 1. The van der Waals surface area contributed by atoms with Crippen LogP contribution in [0.1, 0.15) is 42.0 Å². The number of nitrogens with zero attached hydrogens (tertiary/aromatic N) is 4. The van der Waals surface area contributed by atoms with Gasteiger partial charge in [-0.05, 0) is 36.5 Å². The van der Waals surface area contributed by atoms with Crippen molar-refractivity contribution in [2.24, 2.45) is 5.73 Å². The summed E-state index contributed by atoms with van der Waals surface area (Å²) in [6, 6.07) is 5.27. The molecule has 0 saturated carbocycles. The molecule has 1 amide bonds. The van der Waals surface area contributed by atoms with E-state index in [-0.39, 0.29) is 12.5 Å². The van der Waals surface area contributed by atoms with Crippen molar-refractivity contribution in [2.45, 2.75) is 31.6 Å². The summed E-state index contributed by atoms with van der Waals surface area (Å²) in [7, 11) is 0. The number of anilines is 1. The Hall–Kier alpha value is -1.89. The summed E-state index contributed by atoms with van der Waals surface area (Å²) in [5.41, 5.74) is 9.20. The van der Waals surface area contributed by atoms with E-state index in [4.69, 9.17) is 28.9 Å². The van der Waals surface area contributed by atoms with Gasteiger partial charge in [-0.3, -0.25) is 4.79 Å². The molecule has 0 spiro atoms. The fourth-order valence-corrected chi connectivity index (χ4v) is 4.65. The third kappa shape index (κ3) is 3.93. The Balaban J connectivity index is 1.46. The average Bonchev–Trinajstić information content (AvgIpc) is 3.12. The topological polar surface area (TPSA) is 75.4 Å². The van der Waals surface area contributed by atoms with Crippen molar-refractivity contribution in [2.75, 3.05) is 37.6 Å². The maximum absolute atomic E-state index is 13.1. The smallest absolute Gasteiger partial charge is 0.231 e. The third-order valence-corrected chi connectivity index (χ3v) is 6.76. The molecular formula is C21H25Cl2N5O. The van der Waals surface area contributed by atoms with Crippen LogP contribution in [0.15, 0.2) is 24.5 Å². The third-order valence-electron chi connectivity index (χ3n) is 6.02. The van der Waals surface area contributed by atoms with Gasteiger partial charge in [0.2, 0.25) is 5.91 Å². The van der Waals surface area contributed by atoms with Gasteiger partial charge in [-0.25, -0.2) is 9.97 Å². The number of hydrogen-bond donors (Lipinski definition) is 1. The zero-order valence-corrected chi connectivity index (χ0v) is 18.0. The second-order valence-electron chi connectivity index (χ2n) is 7.77. The molecule has 2 N–H and O–H groups in total. The Morgan fingerprint density at radius 2 is 1.97 bits per heavy atom. The highest BCUT2D eigenvalue weighted by atomic mass is 35.5. The quantitative estimate of drug-likeness (QED) is 0.800. The van der Waals surface area contributed by atoms with Crippen LogP contribution in [0, 0.1) is 0 Å². The molecule has 2 atom stereocenters. The Kier molecular flexibility index (Phi) is 5.95. The minimum atomic E-state index is -0.417. The van der Waals surface area contributed by atoms with Crippen molar-refractivity contribution in [3.05, 3.63) is 51.4 Å². The summed E-state index contributed by atoms with van der Waals surface area (Å²) in [6.07, 6.45) is 3.81. The zero-order chi connectivity index (χ0) is 20.5. The minimum Gasteiger partial charge on any atom is -0.353 e. The van der Waals surface area contributed by atoms with Gasteiger partial charge in [0, 0.05) is 44.0 Å². The fraction of sp³-hybridized carbons (Fsp3) is 0.476. The molecule has 6 nitrogen and oxygen atoms in total. The summed E-state index contributed by atoms with van der Waals surface area (Å²) in [5.74, 6) is 1.13. The maximum Gasteiger partial charge on any atom is 0.231 e. The molecule has 2 aliphatic rings. The number of carbonyl (C=O) groups excluding carboxylic acids is 1. The number of carbonyl (C=O) groups is 1. The first-order valence-corrected chi connectivity index (χ1v) is 10.8. The molecule has 1 saturated heterocycles. The number of rotatable bonds is 4. The van der Waals surface area contributed by atoms with Crippen LogP contribution in [0.25, 0.3) is 0 Å². The standard InChI is InChI=1S/C21H25Cl2N5O/c1-13-2-5-18-19(13)20(26-12-25-18)27-6-8-28(9-7-27)21(29)15(11-24)14-3-4-16(22)17(23)10-14/h3-4,10,12-13,15H,2,5-9,11,24H2,1H3/t13-,15-/m1/s1. The van der Waals surface area contributed by atoms with Crippen molar-refractivity contribution in [1.29, 1.82) is 0 Å². The van der Waals surface area contributed by atoms with E-state index < -0.39 is 5.92 Å². The predicted molar refractivity (Wildman–Crippen MR) is 116 cm³/mol. The number of piperazine rings is 1. The summed E-state index contributed by atoms with van der Waals surface area (Å²) < 4.78 is 0. The van der Waals surface area contributed by atoms with E-state index >= 15 is 0 Å². The van der Waals surface area contributed by atoms with E-state index in [1.807, 2.05) is 11.0 Å². The van der Waals surface area contributed by atoms with Gasteiger partial charge in [-0.1, -0.05) is 36.2 Å². The lowest BCUT2D eigenvalue weighted by molar-refractivity contribution is -0.132. The first kappa shape index (κ1) is 20.4. The van der Waals surface area contributed by atoms with Crippen LogP contribution in [0.5, 0.6) is 0 Å². The Labute approximate surface area is 181 Å². The van der Waals surface area contributed by atoms with Crippen molar-refractivity contribution < 1.29 is 4.79 Å². The van der Waals surface area contributed by atoms with Crippen LogP contribution < -0.4 is 10.6 Å². The Morgan fingerprint density at radius 1 is 1.21 bits per heavy atom. The molecule has 29 heavy (non-hydrogen) atoms. The zero-order valence-electron chi connectivity index (χ0n) is 16.4. The van der Waals surface area contributed by atoms with E-state index in [0.29, 0.717) is 29.1 Å². The molecule has 154 valence electrons. The van der Waals surface area contributed by atoms with Crippen molar-refractivity contribution >= 4 is 34.9 Å². The molecular weight excluding hydrogens is 409 g/mol. The van der Waals surface area contributed by atoms with Crippen LogP contribution >= 0.6 is 23.2 Å². The van der Waals surface area contributed by atoms with E-state index in [2.05, 4.69) is 21.8 Å². The summed E-state index contributed by atoms with van der Waals surface area (Å²) in [6.45, 7) is 5.25. The molecule has 4 rings (SSSR count). The normalized spacial score (nSPS) is 19.9. The SMILES string of the molecule is C[C@@H]1CCc2ncnc(N3CCN(C(=O)[C@H](CN)c4ccc(Cl)c(Cl)c4)CC3)c21. The number of fused-ring (bicyclic) bond motifs is 1. The van der Waals surface area contributed by atoms with E-state index in [0.717, 1.165) is 37.3 Å². The molecule has 1 aromatic carbocycles. The van der Waals surface area contributed by atoms with Crippen LogP contribution in [0.3, 0.4) is 0 Å². The number of halogens is 2. The fourth-order valence-electron chi connectivity index (χ4n) is 4.34. The second-order valence-corrected chi connectivity index (χ2v) is 8.59. The van der Waals surface area contributed by atoms with Crippen LogP contribution in [0.2, 0.25) is 10.0 Å². The van der Waals surface area contributed by atoms with Crippen molar-refractivity contribution in [1.82, 2.24) is 14.9 Å². The monoisotopic (exact) mass is 433 g/mol. The van der Waals surface area contributed by atoms with Gasteiger partial charge >= 0.3 is 0 Å². The van der Waals surface area contributed by atoms with E-state index in [1.165, 1.54) is 11.3 Å². The molecule has 2 heterocycles. The highest BCUT2D eigenvalue weighted by molar-refractivity contribution is 6.42. The molecule has 0 bridgehead atoms. The van der Waals surface area contributed by atoms with Crippen LogP contribution in [-0.4, -0.2) is 53.5 Å². The first-order chi connectivity index (χ1) is 14.0. The van der Waals surface area contributed by atoms with Crippen molar-refractivity contribution in [3.63, 3.8) is 0 Å².